The summed E-state index contributed by atoms with van der Waals surface area (Å²) in [6.07, 6.45) is 9.29. The summed E-state index contributed by atoms with van der Waals surface area (Å²) in [5.74, 6) is 0. The van der Waals surface area contributed by atoms with E-state index in [2.05, 4.69) is 42.4 Å². The van der Waals surface area contributed by atoms with Crippen LogP contribution in [0, 0.1) is 6.20 Å². The lowest BCUT2D eigenvalue weighted by Gasteiger charge is -2.04. The molecule has 0 bridgehead atoms. The number of pyridine rings is 1. The van der Waals surface area contributed by atoms with Crippen molar-refractivity contribution in [1.29, 1.82) is 0 Å². The Morgan fingerprint density at radius 1 is 1.12 bits per heavy atom. The first-order chi connectivity index (χ1) is 7.92. The minimum absolute atomic E-state index is 1.13. The molecule has 83 valence electrons. The monoisotopic (exact) mass is 212 g/mol. The summed E-state index contributed by atoms with van der Waals surface area (Å²) in [4.78, 5) is 4.36. The lowest BCUT2D eigenvalue weighted by molar-refractivity contribution is 0.668. The van der Waals surface area contributed by atoms with Crippen LogP contribution in [0.15, 0.2) is 30.3 Å². The second-order valence-corrected chi connectivity index (χ2v) is 4.24. The number of unbranched alkanes of at least 4 members (excludes halogenated alkanes) is 3. The lowest BCUT2D eigenvalue weighted by atomic mass is 10.0. The number of nitrogens with zero attached hydrogens (tertiary/aromatic N) is 1. The average Bonchev–Trinajstić information content (AvgIpc) is 2.35. The Hall–Kier alpha value is -1.37. The fourth-order valence-electron chi connectivity index (χ4n) is 2.05. The molecule has 0 saturated carbocycles. The Morgan fingerprint density at radius 2 is 2.06 bits per heavy atom. The smallest absolute Gasteiger partial charge is 0.0894 e. The highest BCUT2D eigenvalue weighted by Crippen LogP contribution is 2.18. The zero-order valence-electron chi connectivity index (χ0n) is 9.87. The van der Waals surface area contributed by atoms with E-state index in [0.29, 0.717) is 0 Å². The lowest BCUT2D eigenvalue weighted by Crippen LogP contribution is -1.90. The van der Waals surface area contributed by atoms with Crippen LogP contribution in [0.4, 0.5) is 0 Å². The zero-order chi connectivity index (χ0) is 11.2. The summed E-state index contributed by atoms with van der Waals surface area (Å²) in [5.41, 5.74) is 2.49. The van der Waals surface area contributed by atoms with Crippen molar-refractivity contribution in [2.24, 2.45) is 0 Å². The summed E-state index contributed by atoms with van der Waals surface area (Å²) < 4.78 is 0. The molecular weight excluding hydrogens is 194 g/mol. The molecule has 0 fully saturated rings. The van der Waals surface area contributed by atoms with Crippen molar-refractivity contribution in [2.45, 2.75) is 39.0 Å². The van der Waals surface area contributed by atoms with Crippen LogP contribution in [0.3, 0.4) is 0 Å². The molecule has 1 nitrogen and oxygen atoms in total. The minimum atomic E-state index is 1.13. The Morgan fingerprint density at radius 3 is 2.94 bits per heavy atom. The van der Waals surface area contributed by atoms with Gasteiger partial charge in [0.05, 0.1) is 11.7 Å². The van der Waals surface area contributed by atoms with Crippen molar-refractivity contribution in [3.63, 3.8) is 0 Å². The molecule has 0 spiro atoms. The highest BCUT2D eigenvalue weighted by Gasteiger charge is 2.00. The summed E-state index contributed by atoms with van der Waals surface area (Å²) in [7, 11) is 0. The second kappa shape index (κ2) is 5.64. The SMILES string of the molecule is CCCCCCc1cccc2cc[c]nc12. The fraction of sp³-hybridized carbons (Fsp3) is 0.400. The van der Waals surface area contributed by atoms with E-state index in [4.69, 9.17) is 0 Å². The van der Waals surface area contributed by atoms with Gasteiger partial charge in [0.1, 0.15) is 0 Å². The van der Waals surface area contributed by atoms with E-state index in [1.165, 1.54) is 36.6 Å². The molecule has 0 aliphatic heterocycles. The Balaban J connectivity index is 2.11. The van der Waals surface area contributed by atoms with Gasteiger partial charge in [0.25, 0.3) is 0 Å². The third-order valence-electron chi connectivity index (χ3n) is 2.96. The minimum Gasteiger partial charge on any atom is -0.246 e. The van der Waals surface area contributed by atoms with E-state index >= 15 is 0 Å². The number of rotatable bonds is 5. The van der Waals surface area contributed by atoms with E-state index in [-0.39, 0.29) is 0 Å². The molecule has 2 aromatic rings. The highest BCUT2D eigenvalue weighted by molar-refractivity contribution is 5.81. The highest BCUT2D eigenvalue weighted by atomic mass is 14.6. The number of benzene rings is 1. The number of para-hydroxylation sites is 1. The van der Waals surface area contributed by atoms with Gasteiger partial charge in [-0.2, -0.15) is 0 Å². The summed E-state index contributed by atoms with van der Waals surface area (Å²) in [6, 6.07) is 10.4. The van der Waals surface area contributed by atoms with Gasteiger partial charge < -0.3 is 0 Å². The first kappa shape index (κ1) is 11.1. The summed E-state index contributed by atoms with van der Waals surface area (Å²) >= 11 is 0. The predicted molar refractivity (Wildman–Crippen MR) is 68.4 cm³/mol. The van der Waals surface area contributed by atoms with Crippen LogP contribution >= 0.6 is 0 Å². The topological polar surface area (TPSA) is 12.9 Å². The maximum Gasteiger partial charge on any atom is 0.0894 e. The van der Waals surface area contributed by atoms with Crippen LogP contribution in [-0.2, 0) is 6.42 Å². The van der Waals surface area contributed by atoms with Crippen molar-refractivity contribution >= 4 is 10.9 Å². The molecule has 0 saturated heterocycles. The fourth-order valence-corrected chi connectivity index (χ4v) is 2.05. The molecule has 0 unspecified atom stereocenters. The molecule has 0 N–H and O–H groups in total. The molecule has 16 heavy (non-hydrogen) atoms. The molecule has 1 heteroatoms. The Kier molecular flexibility index (Phi) is 3.92. The normalized spacial score (nSPS) is 10.8. The number of fused-ring (bicyclic) bond motifs is 1. The quantitative estimate of drug-likeness (QED) is 0.678. The van der Waals surface area contributed by atoms with Gasteiger partial charge in [-0.1, -0.05) is 50.5 Å². The van der Waals surface area contributed by atoms with Crippen LogP contribution in [0.1, 0.15) is 38.2 Å². The number of hydrogen-bond acceptors (Lipinski definition) is 1. The third-order valence-corrected chi connectivity index (χ3v) is 2.96. The zero-order valence-corrected chi connectivity index (χ0v) is 9.87. The number of hydrogen-bond donors (Lipinski definition) is 0. The van der Waals surface area contributed by atoms with Crippen LogP contribution in [-0.4, -0.2) is 4.98 Å². The van der Waals surface area contributed by atoms with Gasteiger partial charge in [0.2, 0.25) is 0 Å². The Bertz CT molecular complexity index is 443. The van der Waals surface area contributed by atoms with Gasteiger partial charge in [-0.05, 0) is 24.5 Å². The van der Waals surface area contributed by atoms with Crippen LogP contribution in [0.25, 0.3) is 10.9 Å². The molecule has 0 aliphatic carbocycles. The summed E-state index contributed by atoms with van der Waals surface area (Å²) in [6.45, 7) is 2.24. The first-order valence-corrected chi connectivity index (χ1v) is 6.16. The van der Waals surface area contributed by atoms with Crippen molar-refractivity contribution in [1.82, 2.24) is 4.98 Å². The number of aryl methyl sites for hydroxylation is 1. The number of aromatic nitrogens is 1. The maximum absolute atomic E-state index is 4.36. The molecule has 2 rings (SSSR count). The molecule has 1 heterocycles. The van der Waals surface area contributed by atoms with Crippen molar-refractivity contribution in [3.05, 3.63) is 42.1 Å². The second-order valence-electron chi connectivity index (χ2n) is 4.24. The first-order valence-electron chi connectivity index (χ1n) is 6.16. The third kappa shape index (κ3) is 2.60. The molecular formula is C15H18N. The largest absolute Gasteiger partial charge is 0.246 e. The van der Waals surface area contributed by atoms with Crippen LogP contribution in [0.2, 0.25) is 0 Å². The standard InChI is InChI=1S/C15H18N/c1-2-3-4-5-8-13-9-6-10-14-11-7-12-16-15(13)14/h6-7,9-11H,2-5,8H2,1H3. The molecule has 1 aromatic carbocycles. The van der Waals surface area contributed by atoms with Gasteiger partial charge in [-0.15, -0.1) is 0 Å². The molecule has 1 radical (unpaired) electrons. The van der Waals surface area contributed by atoms with Gasteiger partial charge in [0.15, 0.2) is 0 Å². The van der Waals surface area contributed by atoms with Gasteiger partial charge in [-0.3, -0.25) is 0 Å². The van der Waals surface area contributed by atoms with E-state index in [1.807, 2.05) is 6.07 Å². The predicted octanol–water partition coefficient (Wildman–Crippen LogP) is 4.16. The van der Waals surface area contributed by atoms with E-state index < -0.39 is 0 Å². The molecule has 0 amide bonds. The van der Waals surface area contributed by atoms with Crippen molar-refractivity contribution in [2.75, 3.05) is 0 Å². The molecule has 0 atom stereocenters. The van der Waals surface area contributed by atoms with Crippen LogP contribution in [0.5, 0.6) is 0 Å². The van der Waals surface area contributed by atoms with Gasteiger partial charge in [-0.25, -0.2) is 4.98 Å². The average molecular weight is 212 g/mol. The molecule has 0 aliphatic rings. The van der Waals surface area contributed by atoms with Crippen LogP contribution < -0.4 is 0 Å². The van der Waals surface area contributed by atoms with Crippen molar-refractivity contribution < 1.29 is 0 Å². The van der Waals surface area contributed by atoms with Crippen molar-refractivity contribution in [3.8, 4) is 0 Å². The molecule has 1 aromatic heterocycles. The van der Waals surface area contributed by atoms with E-state index in [9.17, 15) is 0 Å². The van der Waals surface area contributed by atoms with Gasteiger partial charge in [0, 0.05) is 5.39 Å². The van der Waals surface area contributed by atoms with E-state index in [0.717, 1.165) is 11.9 Å². The Labute approximate surface area is 97.5 Å². The summed E-state index contributed by atoms with van der Waals surface area (Å²) in [5, 5.41) is 1.23. The van der Waals surface area contributed by atoms with E-state index in [1.54, 1.807) is 0 Å². The maximum atomic E-state index is 4.36. The van der Waals surface area contributed by atoms with Gasteiger partial charge >= 0.3 is 0 Å².